The smallest absolute Gasteiger partial charge is 0.330 e. The van der Waals surface area contributed by atoms with Crippen LogP contribution < -0.4 is 0 Å². The third kappa shape index (κ3) is 10.5. The van der Waals surface area contributed by atoms with Gasteiger partial charge in [0, 0.05) is 12.2 Å². The Bertz CT molecular complexity index is 290. The van der Waals surface area contributed by atoms with Crippen LogP contribution in [0, 0.1) is 6.92 Å². The maximum absolute atomic E-state index is 10.8. The van der Waals surface area contributed by atoms with E-state index in [4.69, 9.17) is 18.9 Å². The molecular formula is C13H21O6Si. The van der Waals surface area contributed by atoms with Crippen LogP contribution in [0.15, 0.2) is 25.3 Å². The Morgan fingerprint density at radius 3 is 1.75 bits per heavy atom. The topological polar surface area (TPSA) is 71.1 Å². The van der Waals surface area contributed by atoms with Crippen LogP contribution in [-0.4, -0.2) is 53.8 Å². The summed E-state index contributed by atoms with van der Waals surface area (Å²) < 4.78 is 20.4. The van der Waals surface area contributed by atoms with Crippen molar-refractivity contribution in [1.82, 2.24) is 0 Å². The van der Waals surface area contributed by atoms with Crippen LogP contribution in [0.4, 0.5) is 0 Å². The molecule has 0 aromatic rings. The second kappa shape index (κ2) is 12.6. The summed E-state index contributed by atoms with van der Waals surface area (Å²) >= 11 is 0. The zero-order chi connectivity index (χ0) is 15.2. The average molecular weight is 301 g/mol. The SMILES string of the molecule is [CH2]C[SiH2]C(OCCOC(=O)C=C)OCCOC(=O)C=C. The van der Waals surface area contributed by atoms with E-state index in [1.54, 1.807) is 0 Å². The highest BCUT2D eigenvalue weighted by molar-refractivity contribution is 6.36. The maximum atomic E-state index is 10.8. The molecule has 7 heteroatoms. The molecule has 0 aliphatic heterocycles. The Hall–Kier alpha value is -1.44. The predicted molar refractivity (Wildman–Crippen MR) is 76.7 cm³/mol. The molecule has 0 amide bonds. The molecule has 0 rings (SSSR count). The lowest BCUT2D eigenvalue weighted by atomic mass is 10.6. The first kappa shape index (κ1) is 18.6. The average Bonchev–Trinajstić information content (AvgIpc) is 2.46. The van der Waals surface area contributed by atoms with Gasteiger partial charge >= 0.3 is 11.9 Å². The van der Waals surface area contributed by atoms with Gasteiger partial charge in [0.05, 0.1) is 22.7 Å². The van der Waals surface area contributed by atoms with Gasteiger partial charge in [0.15, 0.2) is 0 Å². The number of carbonyl (C=O) groups excluding carboxylic acids is 2. The number of hydrogen-bond acceptors (Lipinski definition) is 6. The first-order valence-electron chi connectivity index (χ1n) is 6.24. The van der Waals surface area contributed by atoms with Crippen molar-refractivity contribution in [2.24, 2.45) is 0 Å². The van der Waals surface area contributed by atoms with Crippen LogP contribution in [0.5, 0.6) is 0 Å². The first-order chi connectivity index (χ1) is 9.63. The highest BCUT2D eigenvalue weighted by atomic mass is 28.2. The van der Waals surface area contributed by atoms with Crippen molar-refractivity contribution in [2.45, 2.75) is 12.0 Å². The molecule has 0 aliphatic carbocycles. The summed E-state index contributed by atoms with van der Waals surface area (Å²) in [5, 5.41) is 0. The summed E-state index contributed by atoms with van der Waals surface area (Å²) in [6.45, 7) is 11.1. The quantitative estimate of drug-likeness (QED) is 0.168. The number of rotatable bonds is 12. The Morgan fingerprint density at radius 1 is 0.950 bits per heavy atom. The van der Waals surface area contributed by atoms with E-state index in [2.05, 4.69) is 20.1 Å². The molecule has 6 nitrogen and oxygen atoms in total. The van der Waals surface area contributed by atoms with E-state index < -0.39 is 21.5 Å². The fourth-order valence-corrected chi connectivity index (χ4v) is 2.14. The lowest BCUT2D eigenvalue weighted by Crippen LogP contribution is -2.28. The van der Waals surface area contributed by atoms with Crippen molar-refractivity contribution in [3.8, 4) is 0 Å². The Kier molecular flexibility index (Phi) is 11.7. The number of ether oxygens (including phenoxy) is 4. The van der Waals surface area contributed by atoms with Crippen molar-refractivity contribution in [3.05, 3.63) is 32.2 Å². The Labute approximate surface area is 121 Å². The fourth-order valence-electron chi connectivity index (χ4n) is 1.14. The molecule has 0 aliphatic rings. The molecule has 0 aromatic carbocycles. The van der Waals surface area contributed by atoms with E-state index in [1.165, 1.54) is 0 Å². The van der Waals surface area contributed by atoms with E-state index in [0.29, 0.717) is 0 Å². The largest absolute Gasteiger partial charge is 0.460 e. The minimum Gasteiger partial charge on any atom is -0.460 e. The number of esters is 2. The van der Waals surface area contributed by atoms with Gasteiger partial charge in [-0.25, -0.2) is 9.59 Å². The molecule has 0 saturated carbocycles. The van der Waals surface area contributed by atoms with Crippen LogP contribution in [0.25, 0.3) is 0 Å². The van der Waals surface area contributed by atoms with Crippen molar-refractivity contribution in [1.29, 1.82) is 0 Å². The lowest BCUT2D eigenvalue weighted by molar-refractivity contribution is -0.148. The van der Waals surface area contributed by atoms with Gasteiger partial charge in [0.2, 0.25) is 0 Å². The molecule has 0 bridgehead atoms. The third-order valence-corrected chi connectivity index (χ3v) is 3.39. The van der Waals surface area contributed by atoms with Crippen molar-refractivity contribution in [2.75, 3.05) is 26.4 Å². The van der Waals surface area contributed by atoms with Crippen molar-refractivity contribution < 1.29 is 28.5 Å². The highest BCUT2D eigenvalue weighted by Gasteiger charge is 2.09. The van der Waals surface area contributed by atoms with Crippen molar-refractivity contribution >= 4 is 21.5 Å². The summed E-state index contributed by atoms with van der Waals surface area (Å²) in [7, 11) is -0.646. The summed E-state index contributed by atoms with van der Waals surface area (Å²) in [6, 6.07) is 0.767. The van der Waals surface area contributed by atoms with Gasteiger partial charge in [-0.3, -0.25) is 0 Å². The molecule has 0 atom stereocenters. The van der Waals surface area contributed by atoms with Gasteiger partial charge in [-0.15, -0.1) is 0 Å². The second-order valence-corrected chi connectivity index (χ2v) is 5.51. The summed E-state index contributed by atoms with van der Waals surface area (Å²) in [4.78, 5) is 21.6. The van der Waals surface area contributed by atoms with E-state index in [1.807, 2.05) is 0 Å². The second-order valence-electron chi connectivity index (χ2n) is 3.56. The third-order valence-electron chi connectivity index (χ3n) is 2.04. The lowest BCUT2D eigenvalue weighted by Gasteiger charge is -2.17. The molecule has 0 unspecified atom stereocenters. The van der Waals surface area contributed by atoms with Crippen molar-refractivity contribution in [3.63, 3.8) is 0 Å². The molecule has 1 radical (unpaired) electrons. The van der Waals surface area contributed by atoms with E-state index in [0.717, 1.165) is 18.2 Å². The summed E-state index contributed by atoms with van der Waals surface area (Å²) in [5.41, 5.74) is 0. The minimum atomic E-state index is -0.646. The Morgan fingerprint density at radius 2 is 1.40 bits per heavy atom. The van der Waals surface area contributed by atoms with Gasteiger partial charge in [-0.1, -0.05) is 26.1 Å². The summed E-state index contributed by atoms with van der Waals surface area (Å²) in [5.74, 6) is -1.31. The fraction of sp³-hybridized carbons (Fsp3) is 0.462. The highest BCUT2D eigenvalue weighted by Crippen LogP contribution is 1.97. The number of carbonyl (C=O) groups is 2. The normalized spacial score (nSPS) is 10.7. The zero-order valence-electron chi connectivity index (χ0n) is 11.5. The molecule has 0 spiro atoms. The molecule has 0 fully saturated rings. The van der Waals surface area contributed by atoms with Gasteiger partial charge < -0.3 is 18.9 Å². The zero-order valence-corrected chi connectivity index (χ0v) is 13.0. The molecular weight excluding hydrogens is 280 g/mol. The molecule has 0 heterocycles. The van der Waals surface area contributed by atoms with E-state index in [-0.39, 0.29) is 32.3 Å². The molecule has 113 valence electrons. The van der Waals surface area contributed by atoms with Crippen LogP contribution in [0.3, 0.4) is 0 Å². The van der Waals surface area contributed by atoms with Crippen LogP contribution in [-0.2, 0) is 28.5 Å². The molecule has 0 saturated heterocycles. The Balaban J connectivity index is 3.74. The maximum Gasteiger partial charge on any atom is 0.330 e. The number of hydrogen-bond donors (Lipinski definition) is 0. The van der Waals surface area contributed by atoms with Gasteiger partial charge in [0.1, 0.15) is 19.1 Å². The van der Waals surface area contributed by atoms with Crippen LogP contribution in [0.1, 0.15) is 0 Å². The predicted octanol–water partition coefficient (Wildman–Crippen LogP) is 0.183. The molecule has 0 N–H and O–H groups in total. The minimum absolute atomic E-state index is 0.141. The molecule has 0 aromatic heterocycles. The van der Waals surface area contributed by atoms with E-state index in [9.17, 15) is 9.59 Å². The standard InChI is InChI=1S/C13H21O6Si/c1-4-11(14)16-7-9-18-13(20-6-3)19-10-8-17-12(15)5-2/h4-5,13H,1-3,6-10,20H2. The summed E-state index contributed by atoms with van der Waals surface area (Å²) in [6.07, 6.45) is 2.18. The monoisotopic (exact) mass is 301 g/mol. The molecule has 20 heavy (non-hydrogen) atoms. The van der Waals surface area contributed by atoms with Gasteiger partial charge in [-0.05, 0) is 0 Å². The van der Waals surface area contributed by atoms with E-state index >= 15 is 0 Å². The van der Waals surface area contributed by atoms with Crippen LogP contribution in [0.2, 0.25) is 6.04 Å². The van der Waals surface area contributed by atoms with Gasteiger partial charge in [-0.2, -0.15) is 0 Å². The first-order valence-corrected chi connectivity index (χ1v) is 8.06. The van der Waals surface area contributed by atoms with Gasteiger partial charge in [0.25, 0.3) is 0 Å². The van der Waals surface area contributed by atoms with Crippen LogP contribution >= 0.6 is 0 Å².